The van der Waals surface area contributed by atoms with Crippen LogP contribution < -0.4 is 16.0 Å². The number of ether oxygens (including phenoxy) is 8. The highest BCUT2D eigenvalue weighted by Gasteiger charge is 2.56. The number of hydrogen-bond acceptors (Lipinski definition) is 17. The van der Waals surface area contributed by atoms with E-state index in [1.807, 2.05) is 36.4 Å². The highest BCUT2D eigenvalue weighted by Crippen LogP contribution is 2.35. The third-order valence-electron chi connectivity index (χ3n) is 10.0. The lowest BCUT2D eigenvalue weighted by Crippen LogP contribution is -2.71. The lowest BCUT2D eigenvalue weighted by molar-refractivity contribution is -0.360. The molecule has 2 aromatic carbocycles. The molecule has 3 heterocycles. The van der Waals surface area contributed by atoms with E-state index in [1.54, 1.807) is 24.3 Å². The second-order valence-electron chi connectivity index (χ2n) is 14.8. The van der Waals surface area contributed by atoms with Gasteiger partial charge in [0.25, 0.3) is 0 Å². The lowest BCUT2D eigenvalue weighted by atomic mass is 9.93. The second-order valence-corrected chi connectivity index (χ2v) is 14.8. The molecule has 0 aromatic heterocycles. The van der Waals surface area contributed by atoms with E-state index in [1.165, 1.54) is 13.8 Å². The molecule has 15 atom stereocenters. The third-order valence-corrected chi connectivity index (χ3v) is 10.0. The van der Waals surface area contributed by atoms with Gasteiger partial charge in [-0.15, -0.1) is 0 Å². The fourth-order valence-corrected chi connectivity index (χ4v) is 7.18. The van der Waals surface area contributed by atoms with E-state index in [0.29, 0.717) is 0 Å². The van der Waals surface area contributed by atoms with Crippen LogP contribution in [0.5, 0.6) is 0 Å². The minimum atomic E-state index is -1.76. The van der Waals surface area contributed by atoms with Crippen LogP contribution in [0.4, 0.5) is 0 Å². The molecular formula is C40H55N3O17. The number of amides is 3. The second kappa shape index (κ2) is 22.1. The Morgan fingerprint density at radius 3 is 1.55 bits per heavy atom. The zero-order valence-corrected chi connectivity index (χ0v) is 33.6. The number of nitrogens with one attached hydrogen (secondary N) is 3. The molecule has 5 rings (SSSR count). The molecule has 3 aliphatic heterocycles. The molecule has 3 fully saturated rings. The first-order valence-electron chi connectivity index (χ1n) is 19.5. The fourth-order valence-electron chi connectivity index (χ4n) is 7.18. The van der Waals surface area contributed by atoms with Crippen LogP contribution in [0.3, 0.4) is 0 Å². The molecule has 2 aromatic rings. The normalized spacial score (nSPS) is 34.2. The fraction of sp³-hybridized carbons (Fsp3) is 0.600. The van der Waals surface area contributed by atoms with Gasteiger partial charge in [-0.3, -0.25) is 19.2 Å². The number of aliphatic hydroxyl groups excluding tert-OH is 5. The predicted octanol–water partition coefficient (Wildman–Crippen LogP) is -2.12. The lowest BCUT2D eigenvalue weighted by Gasteiger charge is -2.51. The Labute approximate surface area is 346 Å². The SMILES string of the molecule is CC(=O)N[C@H]1[C@H](O[C@@H]2[C@@H](NC(C)=O)[C@@H](OCc3ccccc3)O[C@H](COCc3ccccc3)[C@@H]2O[C@@H]2O[C@H](CO)[C@H](O)[C@H](O)[C@H]2NC(C)=O)O[C@H](COC(C)=O)[C@H](O)[C@@H]1O. The summed E-state index contributed by atoms with van der Waals surface area (Å²) in [5.74, 6) is -2.57. The number of hydrogen-bond donors (Lipinski definition) is 8. The Kier molecular flexibility index (Phi) is 17.3. The van der Waals surface area contributed by atoms with Crippen molar-refractivity contribution < 1.29 is 82.6 Å². The largest absolute Gasteiger partial charge is 0.463 e. The van der Waals surface area contributed by atoms with Gasteiger partial charge in [0.15, 0.2) is 18.9 Å². The van der Waals surface area contributed by atoms with Crippen LogP contribution in [0.15, 0.2) is 60.7 Å². The highest BCUT2D eigenvalue weighted by molar-refractivity contribution is 5.74. The van der Waals surface area contributed by atoms with Gasteiger partial charge in [0.05, 0.1) is 26.4 Å². The Bertz CT molecular complexity index is 1690. The molecule has 60 heavy (non-hydrogen) atoms. The molecule has 0 saturated carbocycles. The van der Waals surface area contributed by atoms with Crippen LogP contribution in [0, 0.1) is 0 Å². The zero-order valence-electron chi connectivity index (χ0n) is 33.6. The maximum atomic E-state index is 13.0. The molecule has 3 saturated heterocycles. The Morgan fingerprint density at radius 2 is 1.03 bits per heavy atom. The molecule has 8 N–H and O–H groups in total. The molecule has 3 amide bonds. The van der Waals surface area contributed by atoms with Gasteiger partial charge in [-0.05, 0) is 11.1 Å². The smallest absolute Gasteiger partial charge is 0.302 e. The van der Waals surface area contributed by atoms with E-state index in [0.717, 1.165) is 25.0 Å². The summed E-state index contributed by atoms with van der Waals surface area (Å²) in [4.78, 5) is 49.7. The molecule has 0 radical (unpaired) electrons. The van der Waals surface area contributed by atoms with Crippen LogP contribution >= 0.6 is 0 Å². The summed E-state index contributed by atoms with van der Waals surface area (Å²) >= 11 is 0. The van der Waals surface area contributed by atoms with E-state index in [-0.39, 0.29) is 19.8 Å². The van der Waals surface area contributed by atoms with Gasteiger partial charge < -0.3 is 79.4 Å². The van der Waals surface area contributed by atoms with Crippen molar-refractivity contribution in [3.05, 3.63) is 71.8 Å². The summed E-state index contributed by atoms with van der Waals surface area (Å²) in [6, 6.07) is 14.0. The van der Waals surface area contributed by atoms with E-state index in [9.17, 15) is 44.7 Å². The summed E-state index contributed by atoms with van der Waals surface area (Å²) in [5.41, 5.74) is 1.54. The van der Waals surface area contributed by atoms with E-state index in [4.69, 9.17) is 37.9 Å². The maximum absolute atomic E-state index is 13.0. The van der Waals surface area contributed by atoms with Gasteiger partial charge in [-0.25, -0.2) is 0 Å². The first-order valence-corrected chi connectivity index (χ1v) is 19.5. The monoisotopic (exact) mass is 849 g/mol. The van der Waals surface area contributed by atoms with E-state index < -0.39 is 129 Å². The first kappa shape index (κ1) is 46.9. The molecule has 0 aliphatic carbocycles. The van der Waals surface area contributed by atoms with Gasteiger partial charge in [-0.1, -0.05) is 60.7 Å². The number of carbonyl (C=O) groups is 4. The van der Waals surface area contributed by atoms with Gasteiger partial charge in [0.1, 0.15) is 79.7 Å². The number of esters is 1. The third kappa shape index (κ3) is 12.5. The van der Waals surface area contributed by atoms with Crippen LogP contribution in [0.25, 0.3) is 0 Å². The number of rotatable bonds is 17. The molecular weight excluding hydrogens is 794 g/mol. The van der Waals surface area contributed by atoms with Crippen molar-refractivity contribution in [1.82, 2.24) is 16.0 Å². The Morgan fingerprint density at radius 1 is 0.567 bits per heavy atom. The van der Waals surface area contributed by atoms with Crippen molar-refractivity contribution in [2.24, 2.45) is 0 Å². The number of benzene rings is 2. The molecule has 332 valence electrons. The quantitative estimate of drug-likeness (QED) is 0.0790. The van der Waals surface area contributed by atoms with E-state index in [2.05, 4.69) is 16.0 Å². The number of carbonyl (C=O) groups excluding carboxylic acids is 4. The molecule has 20 heteroatoms. The average molecular weight is 850 g/mol. The van der Waals surface area contributed by atoms with E-state index >= 15 is 0 Å². The van der Waals surface area contributed by atoms with Crippen molar-refractivity contribution >= 4 is 23.7 Å². The molecule has 20 nitrogen and oxygen atoms in total. The summed E-state index contributed by atoms with van der Waals surface area (Å²) in [6.07, 6.45) is -18.4. The molecule has 0 unspecified atom stereocenters. The summed E-state index contributed by atoms with van der Waals surface area (Å²) < 4.78 is 49.4. The Hall–Kier alpha value is -4.16. The summed E-state index contributed by atoms with van der Waals surface area (Å²) in [7, 11) is 0. The highest BCUT2D eigenvalue weighted by atomic mass is 16.8. The van der Waals surface area contributed by atoms with Crippen LogP contribution in [0.1, 0.15) is 38.8 Å². The topological polar surface area (TPSA) is 279 Å². The van der Waals surface area contributed by atoms with Gasteiger partial charge >= 0.3 is 5.97 Å². The van der Waals surface area contributed by atoms with Gasteiger partial charge in [0.2, 0.25) is 17.7 Å². The van der Waals surface area contributed by atoms with Crippen molar-refractivity contribution in [2.45, 2.75) is 133 Å². The van der Waals surface area contributed by atoms with Crippen LogP contribution in [0.2, 0.25) is 0 Å². The predicted molar refractivity (Wildman–Crippen MR) is 204 cm³/mol. The molecule has 0 spiro atoms. The summed E-state index contributed by atoms with van der Waals surface area (Å²) in [6.45, 7) is 3.21. The summed E-state index contributed by atoms with van der Waals surface area (Å²) in [5, 5.41) is 62.3. The minimum Gasteiger partial charge on any atom is -0.463 e. The standard InChI is InChI=1S/C40H55N3O17/c1-20(45)41-29-34(51)32(49)26(15-44)56-39(29)59-36-28(18-53-16-24-11-7-5-8-12-24)58-38(55-17-25-13-9-6-10-14-25)31(43-22(3)47)37(36)60-40-30(42-21(2)46)35(52)33(50)27(57-40)19-54-23(4)48/h5-14,26-40,44,49-52H,15-19H2,1-4H3,(H,41,45)(H,42,46)(H,43,47)/t26-,27-,28-,29-,30-,31-,32+,33+,34-,35-,36+,37-,38+,39+,40+/m1/s1. The first-order chi connectivity index (χ1) is 28.7. The zero-order chi connectivity index (χ0) is 43.5. The minimum absolute atomic E-state index is 0.0279. The van der Waals surface area contributed by atoms with Gasteiger partial charge in [0, 0.05) is 27.7 Å². The van der Waals surface area contributed by atoms with Crippen LogP contribution in [-0.4, -0.2) is 161 Å². The molecule has 0 bridgehead atoms. The molecule has 3 aliphatic rings. The van der Waals surface area contributed by atoms with Gasteiger partial charge in [-0.2, -0.15) is 0 Å². The Balaban J connectivity index is 1.61. The van der Waals surface area contributed by atoms with Crippen molar-refractivity contribution in [2.75, 3.05) is 19.8 Å². The van der Waals surface area contributed by atoms with Crippen molar-refractivity contribution in [3.63, 3.8) is 0 Å². The van der Waals surface area contributed by atoms with Crippen LogP contribution in [-0.2, 0) is 70.3 Å². The average Bonchev–Trinajstić information content (AvgIpc) is 3.21. The van der Waals surface area contributed by atoms with Crippen molar-refractivity contribution in [3.8, 4) is 0 Å². The number of aliphatic hydroxyl groups is 5. The van der Waals surface area contributed by atoms with Crippen molar-refractivity contribution in [1.29, 1.82) is 0 Å². The maximum Gasteiger partial charge on any atom is 0.302 e.